The van der Waals surface area contributed by atoms with Gasteiger partial charge in [0.2, 0.25) is 5.91 Å². The van der Waals surface area contributed by atoms with Gasteiger partial charge in [-0.2, -0.15) is 0 Å². The van der Waals surface area contributed by atoms with E-state index in [4.69, 9.17) is 4.74 Å². The summed E-state index contributed by atoms with van der Waals surface area (Å²) in [6, 6.07) is 19.1. The van der Waals surface area contributed by atoms with E-state index in [1.165, 1.54) is 30.3 Å². The van der Waals surface area contributed by atoms with Gasteiger partial charge in [-0.25, -0.2) is 4.39 Å². The highest BCUT2D eigenvalue weighted by molar-refractivity contribution is 6.03. The van der Waals surface area contributed by atoms with Gasteiger partial charge < -0.3 is 40.3 Å². The van der Waals surface area contributed by atoms with Crippen molar-refractivity contribution in [3.8, 4) is 5.75 Å². The molecule has 9 nitrogen and oxygen atoms in total. The number of hydrogen-bond acceptors (Lipinski definition) is 8. The number of hydrogen-bond donors (Lipinski definition) is 6. The summed E-state index contributed by atoms with van der Waals surface area (Å²) in [6.07, 6.45) is -6.51. The van der Waals surface area contributed by atoms with Gasteiger partial charge in [0, 0.05) is 17.7 Å². The van der Waals surface area contributed by atoms with Gasteiger partial charge in [-0.15, -0.1) is 0 Å². The Hall–Kier alpha value is -3.38. The Morgan fingerprint density at radius 2 is 1.59 bits per heavy atom. The van der Waals surface area contributed by atoms with Crippen LogP contribution >= 0.6 is 0 Å². The molecular weight excluding hydrogens is 533 g/mol. The Bertz CT molecular complexity index is 1340. The molecule has 41 heavy (non-hydrogen) atoms. The van der Waals surface area contributed by atoms with Gasteiger partial charge in [0.1, 0.15) is 36.0 Å². The van der Waals surface area contributed by atoms with Gasteiger partial charge in [0.05, 0.1) is 30.8 Å². The van der Waals surface area contributed by atoms with Crippen molar-refractivity contribution in [3.05, 3.63) is 95.3 Å². The smallest absolute Gasteiger partial charge is 0.233 e. The molecule has 218 valence electrons. The molecule has 10 heteroatoms. The number of amides is 1. The lowest BCUT2D eigenvalue weighted by Gasteiger charge is -2.48. The van der Waals surface area contributed by atoms with Gasteiger partial charge in [-0.3, -0.25) is 4.79 Å². The predicted octanol–water partition coefficient (Wildman–Crippen LogP) is 2.13. The molecule has 3 aromatic rings. The highest BCUT2D eigenvalue weighted by Gasteiger charge is 2.49. The normalized spacial score (nSPS) is 28.8. The van der Waals surface area contributed by atoms with E-state index in [0.29, 0.717) is 28.8 Å². The number of nitrogens with zero attached hydrogens (tertiary/aromatic N) is 1. The number of halogens is 1. The van der Waals surface area contributed by atoms with Gasteiger partial charge in [-0.05, 0) is 54.3 Å². The second-order valence-electron chi connectivity index (χ2n) is 10.7. The Kier molecular flexibility index (Phi) is 8.69. The fourth-order valence-electron chi connectivity index (χ4n) is 5.80. The molecule has 0 spiro atoms. The molecule has 3 unspecified atom stereocenters. The molecule has 0 aliphatic carbocycles. The Labute approximate surface area is 236 Å². The average Bonchev–Trinajstić information content (AvgIpc) is 2.97. The van der Waals surface area contributed by atoms with Crippen LogP contribution in [-0.2, 0) is 16.0 Å². The quantitative estimate of drug-likeness (QED) is 0.215. The summed E-state index contributed by atoms with van der Waals surface area (Å²) >= 11 is 0. The lowest BCUT2D eigenvalue weighted by atomic mass is 9.77. The minimum atomic E-state index is -1.50. The predicted molar refractivity (Wildman–Crippen MR) is 146 cm³/mol. The fraction of sp³-hybridized carbons (Fsp3) is 0.387. The van der Waals surface area contributed by atoms with Crippen LogP contribution in [0.25, 0.3) is 0 Å². The Morgan fingerprint density at radius 1 is 0.902 bits per heavy atom. The zero-order chi connectivity index (χ0) is 29.3. The molecule has 3 aromatic carbocycles. The maximum atomic E-state index is 13.3. The molecule has 2 aliphatic rings. The van der Waals surface area contributed by atoms with Crippen LogP contribution in [0.2, 0.25) is 0 Å². The minimum Gasteiger partial charge on any atom is -0.508 e. The Balaban J connectivity index is 1.36. The molecule has 2 saturated heterocycles. The van der Waals surface area contributed by atoms with Gasteiger partial charge in [-0.1, -0.05) is 42.5 Å². The molecular formula is C31H34FNO8. The summed E-state index contributed by atoms with van der Waals surface area (Å²) in [4.78, 5) is 14.9. The van der Waals surface area contributed by atoms with Crippen molar-refractivity contribution in [2.24, 2.45) is 5.92 Å². The van der Waals surface area contributed by atoms with E-state index >= 15 is 0 Å². The summed E-state index contributed by atoms with van der Waals surface area (Å²) in [5, 5.41) is 61.8. The number of phenolic OH excluding ortho intramolecular Hbond substituents is 1. The number of rotatable bonds is 9. The number of β-lactam (4-membered cyclic amide) rings is 1. The van der Waals surface area contributed by atoms with E-state index in [1.54, 1.807) is 29.2 Å². The molecule has 0 saturated carbocycles. The molecule has 2 aliphatic heterocycles. The molecule has 2 heterocycles. The van der Waals surface area contributed by atoms with Crippen molar-refractivity contribution in [1.29, 1.82) is 0 Å². The average molecular weight is 568 g/mol. The van der Waals surface area contributed by atoms with E-state index in [1.807, 2.05) is 18.2 Å². The first-order chi connectivity index (χ1) is 19.7. The molecule has 0 bridgehead atoms. The molecule has 1 amide bonds. The monoisotopic (exact) mass is 567 g/mol. The number of aliphatic hydroxyl groups is 5. The maximum Gasteiger partial charge on any atom is 0.233 e. The highest BCUT2D eigenvalue weighted by atomic mass is 19.1. The van der Waals surface area contributed by atoms with Gasteiger partial charge in [0.15, 0.2) is 0 Å². The van der Waals surface area contributed by atoms with Crippen molar-refractivity contribution in [1.82, 2.24) is 0 Å². The zero-order valence-electron chi connectivity index (χ0n) is 22.2. The van der Waals surface area contributed by atoms with E-state index in [2.05, 4.69) is 0 Å². The van der Waals surface area contributed by atoms with Crippen LogP contribution < -0.4 is 4.90 Å². The number of carbonyl (C=O) groups excluding carboxylic acids is 1. The largest absolute Gasteiger partial charge is 0.508 e. The topological polar surface area (TPSA) is 151 Å². The third kappa shape index (κ3) is 5.85. The summed E-state index contributed by atoms with van der Waals surface area (Å²) < 4.78 is 18.9. The number of carbonyl (C=O) groups is 1. The lowest BCUT2D eigenvalue weighted by molar-refractivity contribution is -0.228. The number of aliphatic hydroxyl groups excluding tert-OH is 5. The number of benzene rings is 3. The van der Waals surface area contributed by atoms with Crippen LogP contribution in [0.3, 0.4) is 0 Å². The summed E-state index contributed by atoms with van der Waals surface area (Å²) in [5.74, 6) is -1.14. The first-order valence-electron chi connectivity index (χ1n) is 13.6. The van der Waals surface area contributed by atoms with Crippen LogP contribution in [0.15, 0.2) is 72.8 Å². The number of ether oxygens (including phenoxy) is 1. The van der Waals surface area contributed by atoms with Gasteiger partial charge >= 0.3 is 0 Å². The molecule has 0 aromatic heterocycles. The second-order valence-corrected chi connectivity index (χ2v) is 10.7. The lowest BCUT2D eigenvalue weighted by Crippen LogP contribution is -2.59. The molecule has 8 atom stereocenters. The molecule has 2 fully saturated rings. The third-order valence-electron chi connectivity index (χ3n) is 8.10. The van der Waals surface area contributed by atoms with Crippen LogP contribution in [-0.4, -0.2) is 73.7 Å². The van der Waals surface area contributed by atoms with Crippen LogP contribution in [0.5, 0.6) is 5.75 Å². The fourth-order valence-corrected chi connectivity index (χ4v) is 5.80. The number of anilines is 1. The van der Waals surface area contributed by atoms with Crippen molar-refractivity contribution in [2.75, 3.05) is 11.5 Å². The molecule has 0 radical (unpaired) electrons. The van der Waals surface area contributed by atoms with Gasteiger partial charge in [0.25, 0.3) is 0 Å². The van der Waals surface area contributed by atoms with E-state index < -0.39 is 61.0 Å². The Morgan fingerprint density at radius 3 is 2.24 bits per heavy atom. The number of phenols is 1. The number of aromatic hydroxyl groups is 1. The highest BCUT2D eigenvalue weighted by Crippen LogP contribution is 2.48. The summed E-state index contributed by atoms with van der Waals surface area (Å²) in [6.45, 7) is -0.534. The third-order valence-corrected chi connectivity index (χ3v) is 8.10. The first-order valence-corrected chi connectivity index (χ1v) is 13.6. The van der Waals surface area contributed by atoms with E-state index in [9.17, 15) is 39.8 Å². The number of para-hydroxylation sites is 1. The van der Waals surface area contributed by atoms with Crippen molar-refractivity contribution < 1.29 is 44.6 Å². The zero-order valence-corrected chi connectivity index (χ0v) is 22.2. The standard InChI is InChI=1S/C31H34FNO8/c32-19-9-7-18(8-10-19)23(35)13-12-22-27(33(31(22)40)20-4-2-1-3-5-20)21-11-6-17(14-24(21)36)15-25-28(37)30(39)29(38)26(16-34)41-25/h1-11,14,22-23,25-30,34-39H,12-13,15-16H2/t22-,23+,25+,26?,27-,28?,29-,30?/m1/s1. The van der Waals surface area contributed by atoms with Crippen molar-refractivity contribution in [2.45, 2.75) is 61.9 Å². The van der Waals surface area contributed by atoms with Crippen LogP contribution in [0.1, 0.15) is 41.7 Å². The van der Waals surface area contributed by atoms with Crippen molar-refractivity contribution >= 4 is 11.6 Å². The van der Waals surface area contributed by atoms with E-state index in [0.717, 1.165) is 0 Å². The van der Waals surface area contributed by atoms with Crippen LogP contribution in [0.4, 0.5) is 10.1 Å². The molecule has 6 N–H and O–H groups in total. The maximum absolute atomic E-state index is 13.3. The minimum absolute atomic E-state index is 0.0744. The summed E-state index contributed by atoms with van der Waals surface area (Å²) in [5.41, 5.74) is 2.31. The van der Waals surface area contributed by atoms with Crippen LogP contribution in [0, 0.1) is 11.7 Å². The SMILES string of the molecule is O=C1[C@H](CC[C@H](O)c2ccc(F)cc2)[C@@H](c2ccc(C[C@@H]3OC(CO)[C@@H](O)C(O)C3O)cc2O)N1c1ccccc1. The second kappa shape index (κ2) is 12.2. The van der Waals surface area contributed by atoms with Crippen molar-refractivity contribution in [3.63, 3.8) is 0 Å². The first kappa shape index (κ1) is 29.1. The summed E-state index contributed by atoms with van der Waals surface area (Å²) in [7, 11) is 0. The van der Waals surface area contributed by atoms with E-state index in [-0.39, 0.29) is 24.5 Å². The molecule has 5 rings (SSSR count).